The van der Waals surface area contributed by atoms with E-state index in [1.54, 1.807) is 12.4 Å². The van der Waals surface area contributed by atoms with Gasteiger partial charge in [-0.3, -0.25) is 9.78 Å². The summed E-state index contributed by atoms with van der Waals surface area (Å²) in [7, 11) is 1.92. The van der Waals surface area contributed by atoms with Crippen molar-refractivity contribution in [3.05, 3.63) is 24.5 Å². The Balaban J connectivity index is 1.55. The minimum absolute atomic E-state index is 0.0837. The summed E-state index contributed by atoms with van der Waals surface area (Å²) in [5.74, 6) is 1.24. The summed E-state index contributed by atoms with van der Waals surface area (Å²) >= 11 is 1.43. The van der Waals surface area contributed by atoms with E-state index in [4.69, 9.17) is 0 Å². The largest absolute Gasteiger partial charge is 0.353 e. The van der Waals surface area contributed by atoms with Gasteiger partial charge in [0.2, 0.25) is 5.91 Å². The third kappa shape index (κ3) is 4.35. The number of nitrogens with one attached hydrogen (secondary N) is 1. The van der Waals surface area contributed by atoms with Crippen LogP contribution in [0.25, 0.3) is 11.4 Å². The van der Waals surface area contributed by atoms with Crippen molar-refractivity contribution in [3.8, 4) is 11.4 Å². The molecule has 0 bridgehead atoms. The van der Waals surface area contributed by atoms with E-state index in [2.05, 4.69) is 20.5 Å². The first-order valence-corrected chi connectivity index (χ1v) is 9.44. The summed E-state index contributed by atoms with van der Waals surface area (Å²) in [6.07, 6.45) is 10.7. The van der Waals surface area contributed by atoms with Gasteiger partial charge in [-0.05, 0) is 25.0 Å². The molecule has 24 heavy (non-hydrogen) atoms. The maximum absolute atomic E-state index is 12.2. The van der Waals surface area contributed by atoms with Gasteiger partial charge in [0.1, 0.15) is 0 Å². The summed E-state index contributed by atoms with van der Waals surface area (Å²) in [4.78, 5) is 16.2. The molecule has 0 aliphatic heterocycles. The number of rotatable bonds is 5. The van der Waals surface area contributed by atoms with E-state index in [1.165, 1.54) is 37.4 Å². The minimum atomic E-state index is 0.0837. The SMILES string of the molecule is Cn1c(SCC(=O)NC2CCCCCC2)nnc1-c1ccncc1. The molecule has 1 saturated carbocycles. The lowest BCUT2D eigenvalue weighted by Crippen LogP contribution is -2.35. The molecular weight excluding hydrogens is 322 g/mol. The Kier molecular flexibility index (Phi) is 5.85. The predicted octanol–water partition coefficient (Wildman–Crippen LogP) is 2.81. The molecule has 0 spiro atoms. The van der Waals surface area contributed by atoms with Crippen LogP contribution >= 0.6 is 11.8 Å². The molecule has 0 saturated heterocycles. The fourth-order valence-electron chi connectivity index (χ4n) is 3.02. The molecule has 1 amide bonds. The average Bonchev–Trinajstić information content (AvgIpc) is 2.79. The van der Waals surface area contributed by atoms with Crippen LogP contribution in [0.15, 0.2) is 29.7 Å². The fourth-order valence-corrected chi connectivity index (χ4v) is 3.74. The lowest BCUT2D eigenvalue weighted by atomic mass is 10.1. The lowest BCUT2D eigenvalue weighted by Gasteiger charge is -2.15. The van der Waals surface area contributed by atoms with Crippen LogP contribution in [0.1, 0.15) is 38.5 Å². The molecule has 6 nitrogen and oxygen atoms in total. The third-order valence-corrected chi connectivity index (χ3v) is 5.35. The Morgan fingerprint density at radius 2 is 1.92 bits per heavy atom. The molecule has 3 rings (SSSR count). The summed E-state index contributed by atoms with van der Waals surface area (Å²) in [5, 5.41) is 12.3. The molecule has 2 aromatic rings. The number of pyridine rings is 1. The lowest BCUT2D eigenvalue weighted by molar-refractivity contribution is -0.119. The zero-order valence-electron chi connectivity index (χ0n) is 13.9. The number of carbonyl (C=O) groups excluding carboxylic acids is 1. The molecule has 0 aromatic carbocycles. The molecule has 2 heterocycles. The molecule has 1 N–H and O–H groups in total. The van der Waals surface area contributed by atoms with Gasteiger partial charge < -0.3 is 9.88 Å². The average molecular weight is 345 g/mol. The minimum Gasteiger partial charge on any atom is -0.353 e. The molecule has 0 atom stereocenters. The molecular formula is C17H23N5OS. The van der Waals surface area contributed by atoms with Crippen LogP contribution in [-0.2, 0) is 11.8 Å². The quantitative estimate of drug-likeness (QED) is 0.666. The van der Waals surface area contributed by atoms with Gasteiger partial charge in [-0.1, -0.05) is 37.4 Å². The zero-order chi connectivity index (χ0) is 16.8. The van der Waals surface area contributed by atoms with Gasteiger partial charge >= 0.3 is 0 Å². The molecule has 0 unspecified atom stereocenters. The number of nitrogens with zero attached hydrogens (tertiary/aromatic N) is 4. The van der Waals surface area contributed by atoms with E-state index in [-0.39, 0.29) is 5.91 Å². The highest BCUT2D eigenvalue weighted by Crippen LogP contribution is 2.22. The number of aromatic nitrogens is 4. The van der Waals surface area contributed by atoms with Crippen molar-refractivity contribution < 1.29 is 4.79 Å². The second-order valence-corrected chi connectivity index (χ2v) is 7.09. The zero-order valence-corrected chi connectivity index (χ0v) is 14.8. The van der Waals surface area contributed by atoms with Crippen molar-refractivity contribution in [2.75, 3.05) is 5.75 Å². The maximum Gasteiger partial charge on any atom is 0.230 e. The van der Waals surface area contributed by atoms with Crippen LogP contribution in [0.2, 0.25) is 0 Å². The predicted molar refractivity (Wildman–Crippen MR) is 94.6 cm³/mol. The topological polar surface area (TPSA) is 72.7 Å². The molecule has 1 aliphatic carbocycles. The molecule has 1 fully saturated rings. The van der Waals surface area contributed by atoms with E-state index in [0.29, 0.717) is 11.8 Å². The highest BCUT2D eigenvalue weighted by Gasteiger charge is 2.16. The Bertz CT molecular complexity index is 665. The van der Waals surface area contributed by atoms with Crippen molar-refractivity contribution in [1.29, 1.82) is 0 Å². The second-order valence-electron chi connectivity index (χ2n) is 6.15. The summed E-state index contributed by atoms with van der Waals surface area (Å²) < 4.78 is 1.92. The normalized spacial score (nSPS) is 15.9. The first-order chi connectivity index (χ1) is 11.7. The van der Waals surface area contributed by atoms with Crippen molar-refractivity contribution in [2.24, 2.45) is 7.05 Å². The summed E-state index contributed by atoms with van der Waals surface area (Å²) in [6.45, 7) is 0. The van der Waals surface area contributed by atoms with Crippen molar-refractivity contribution >= 4 is 17.7 Å². The highest BCUT2D eigenvalue weighted by atomic mass is 32.2. The third-order valence-electron chi connectivity index (χ3n) is 4.33. The summed E-state index contributed by atoms with van der Waals surface area (Å²) in [5.41, 5.74) is 0.967. The van der Waals surface area contributed by atoms with E-state index in [0.717, 1.165) is 29.4 Å². The van der Waals surface area contributed by atoms with Crippen molar-refractivity contribution in [1.82, 2.24) is 25.1 Å². The van der Waals surface area contributed by atoms with Crippen LogP contribution < -0.4 is 5.32 Å². The van der Waals surface area contributed by atoms with E-state index >= 15 is 0 Å². The number of hydrogen-bond acceptors (Lipinski definition) is 5. The van der Waals surface area contributed by atoms with Gasteiger partial charge in [0.15, 0.2) is 11.0 Å². The fraction of sp³-hybridized carbons (Fsp3) is 0.529. The molecule has 1 aliphatic rings. The maximum atomic E-state index is 12.2. The van der Waals surface area contributed by atoms with Gasteiger partial charge in [-0.2, -0.15) is 0 Å². The van der Waals surface area contributed by atoms with Crippen molar-refractivity contribution in [3.63, 3.8) is 0 Å². The molecule has 2 aromatic heterocycles. The first kappa shape index (κ1) is 17.0. The van der Waals surface area contributed by atoms with Crippen LogP contribution in [0, 0.1) is 0 Å². The number of hydrogen-bond donors (Lipinski definition) is 1. The molecule has 128 valence electrons. The highest BCUT2D eigenvalue weighted by molar-refractivity contribution is 7.99. The standard InChI is InChI=1S/C17H23N5OS/c1-22-16(13-8-10-18-11-9-13)20-21-17(22)24-12-15(23)19-14-6-4-2-3-5-7-14/h8-11,14H,2-7,12H2,1H3,(H,19,23). The van der Waals surface area contributed by atoms with Gasteiger partial charge in [0.25, 0.3) is 0 Å². The Hall–Kier alpha value is -1.89. The molecule has 7 heteroatoms. The van der Waals surface area contributed by atoms with E-state index in [1.807, 2.05) is 23.7 Å². The van der Waals surface area contributed by atoms with E-state index in [9.17, 15) is 4.79 Å². The van der Waals surface area contributed by atoms with E-state index < -0.39 is 0 Å². The number of thioether (sulfide) groups is 1. The molecule has 0 radical (unpaired) electrons. The first-order valence-electron chi connectivity index (χ1n) is 8.46. The smallest absolute Gasteiger partial charge is 0.230 e. The van der Waals surface area contributed by atoms with Crippen LogP contribution in [0.5, 0.6) is 0 Å². The summed E-state index contributed by atoms with van der Waals surface area (Å²) in [6, 6.07) is 4.14. The van der Waals surface area contributed by atoms with Gasteiger partial charge in [-0.15, -0.1) is 10.2 Å². The Morgan fingerprint density at radius 3 is 2.62 bits per heavy atom. The second kappa shape index (κ2) is 8.28. The van der Waals surface area contributed by atoms with Crippen LogP contribution in [0.4, 0.5) is 0 Å². The Labute approximate surface area is 146 Å². The Morgan fingerprint density at radius 1 is 1.21 bits per heavy atom. The van der Waals surface area contributed by atoms with Gasteiger partial charge in [0.05, 0.1) is 5.75 Å². The van der Waals surface area contributed by atoms with Gasteiger partial charge in [0, 0.05) is 31.0 Å². The number of carbonyl (C=O) groups is 1. The number of amides is 1. The van der Waals surface area contributed by atoms with Crippen molar-refractivity contribution in [2.45, 2.75) is 49.7 Å². The van der Waals surface area contributed by atoms with Crippen LogP contribution in [-0.4, -0.2) is 37.5 Å². The monoisotopic (exact) mass is 345 g/mol. The van der Waals surface area contributed by atoms with Gasteiger partial charge in [-0.25, -0.2) is 0 Å². The van der Waals surface area contributed by atoms with Crippen LogP contribution in [0.3, 0.4) is 0 Å².